The van der Waals surface area contributed by atoms with Crippen LogP contribution >= 0.6 is 0 Å². The Morgan fingerprint density at radius 1 is 1.33 bits per heavy atom. The van der Waals surface area contributed by atoms with E-state index in [0.717, 1.165) is 6.32 Å². The average molecular weight is 105 g/mol. The zero-order valence-corrected chi connectivity index (χ0v) is 5.75. The third kappa shape index (κ3) is 3.94. The summed E-state index contributed by atoms with van der Waals surface area (Å²) in [6, 6.07) is 0. The molecule has 34 valence electrons. The molecular formula is C2H5B7. The summed E-state index contributed by atoms with van der Waals surface area (Å²) in [5.41, 5.74) is 0. The molecule has 0 saturated carbocycles. The maximum atomic E-state index is 5.55. The summed E-state index contributed by atoms with van der Waals surface area (Å²) in [7, 11) is 19.5. The van der Waals surface area contributed by atoms with Gasteiger partial charge in [0.15, 0.2) is 0 Å². The Kier molecular flexibility index (Phi) is 5.52. The molecule has 0 rings (SSSR count). The van der Waals surface area contributed by atoms with Crippen LogP contribution in [0.2, 0.25) is 6.32 Å². The van der Waals surface area contributed by atoms with Crippen LogP contribution in [0, 0.1) is 0 Å². The molecule has 0 aromatic rings. The molecule has 9 heavy (non-hydrogen) atoms. The van der Waals surface area contributed by atoms with Gasteiger partial charge < -0.3 is 0 Å². The van der Waals surface area contributed by atoms with Gasteiger partial charge in [-0.25, -0.2) is 0 Å². The predicted octanol–water partition coefficient (Wildman–Crippen LogP) is -1.69. The molecule has 7 heteroatoms. The van der Waals surface area contributed by atoms with Crippen molar-refractivity contribution >= 4 is 50.2 Å². The Morgan fingerprint density at radius 3 is 2.22 bits per heavy atom. The third-order valence-corrected chi connectivity index (χ3v) is 1.17. The fourth-order valence-electron chi connectivity index (χ4n) is 0.558. The summed E-state index contributed by atoms with van der Waals surface area (Å²) in [5.74, 6) is 0. The van der Waals surface area contributed by atoms with Crippen LogP contribution in [-0.4, -0.2) is 50.2 Å². The first kappa shape index (κ1) is 9.45. The molecule has 0 spiro atoms. The van der Waals surface area contributed by atoms with Gasteiger partial charge >= 0.3 is 0 Å². The minimum Gasteiger partial charge on any atom is -0.0923 e. The average Bonchev–Trinajstić information content (AvgIpc) is 1.87. The second-order valence-corrected chi connectivity index (χ2v) is 1.99. The molecule has 0 N–H and O–H groups in total. The van der Waals surface area contributed by atoms with Crippen LogP contribution in [0.3, 0.4) is 0 Å². The van der Waals surface area contributed by atoms with Crippen LogP contribution in [0.1, 0.15) is 6.92 Å². The van der Waals surface area contributed by atoms with Gasteiger partial charge in [-0.2, -0.15) is 0 Å². The van der Waals surface area contributed by atoms with Crippen LogP contribution in [0.5, 0.6) is 0 Å². The van der Waals surface area contributed by atoms with Crippen LogP contribution in [0.15, 0.2) is 0 Å². The second kappa shape index (κ2) is 5.26. The Hall–Kier alpha value is 0.455. The summed E-state index contributed by atoms with van der Waals surface area (Å²) in [6.07, 6.45) is 0.632. The fourth-order valence-corrected chi connectivity index (χ4v) is 0.558. The summed E-state index contributed by atoms with van der Waals surface area (Å²) in [5, 5.41) is 0. The van der Waals surface area contributed by atoms with Crippen LogP contribution < -0.4 is 0 Å². The van der Waals surface area contributed by atoms with E-state index in [0.29, 0.717) is 0 Å². The fraction of sp³-hybridized carbons (Fsp3) is 1.00. The molecule has 0 nitrogen and oxygen atoms in total. The maximum absolute atomic E-state index is 5.55. The van der Waals surface area contributed by atoms with Crippen molar-refractivity contribution in [3.8, 4) is 0 Å². The first-order valence-electron chi connectivity index (χ1n) is 3.12. The highest BCUT2D eigenvalue weighted by Crippen LogP contribution is 1.81. The van der Waals surface area contributed by atoms with E-state index in [2.05, 4.69) is 0 Å². The molecule has 0 amide bonds. The molecule has 0 fully saturated rings. The van der Waals surface area contributed by atoms with E-state index in [4.69, 9.17) is 23.2 Å². The van der Waals surface area contributed by atoms with E-state index in [1.807, 2.05) is 14.1 Å². The van der Waals surface area contributed by atoms with Crippen molar-refractivity contribution < 1.29 is 0 Å². The SMILES string of the molecule is [B][B]B([B])B([B])[B]CC. The van der Waals surface area contributed by atoms with Gasteiger partial charge in [-0.15, -0.1) is 0 Å². The number of rotatable bonds is 4. The Bertz CT molecular complexity index is 63.9. The molecule has 8 radical (unpaired) electrons. The summed E-state index contributed by atoms with van der Waals surface area (Å²) >= 11 is 0. The summed E-state index contributed by atoms with van der Waals surface area (Å²) in [6.45, 7) is 2.02. The Labute approximate surface area is 64.1 Å². The van der Waals surface area contributed by atoms with E-state index < -0.39 is 0 Å². The van der Waals surface area contributed by atoms with Crippen molar-refractivity contribution in [2.24, 2.45) is 0 Å². The van der Waals surface area contributed by atoms with Crippen LogP contribution in [0.4, 0.5) is 0 Å². The molecule has 0 heterocycles. The first-order chi connectivity index (χ1) is 4.22. The lowest BCUT2D eigenvalue weighted by Gasteiger charge is -2.11. The second-order valence-electron chi connectivity index (χ2n) is 1.99. The highest BCUT2D eigenvalue weighted by Gasteiger charge is 2.12. The number of hydrogen-bond acceptors (Lipinski definition) is 0. The monoisotopic (exact) mass is 106 g/mol. The molecular weight excluding hydrogens is 99.7 g/mol. The van der Waals surface area contributed by atoms with E-state index >= 15 is 0 Å². The molecule has 0 aliphatic heterocycles. The topological polar surface area (TPSA) is 0 Å². The highest BCUT2D eigenvalue weighted by molar-refractivity contribution is 7.83. The highest BCUT2D eigenvalue weighted by atomic mass is 13.3. The van der Waals surface area contributed by atoms with E-state index in [9.17, 15) is 0 Å². The Balaban J connectivity index is 3.32. The van der Waals surface area contributed by atoms with Gasteiger partial charge in [0, 0.05) is 43.0 Å². The van der Waals surface area contributed by atoms with Crippen LogP contribution in [0.25, 0.3) is 0 Å². The lowest BCUT2D eigenvalue weighted by atomic mass is 8.73. The standard InChI is InChI=1S/C2H5B7/c1-2-6-8(4)9(5)7-3/h2H2,1H3. The van der Waals surface area contributed by atoms with Gasteiger partial charge in [-0.3, -0.25) is 0 Å². The van der Waals surface area contributed by atoms with Crippen LogP contribution in [-0.2, 0) is 0 Å². The molecule has 0 saturated heterocycles. The van der Waals surface area contributed by atoms with Crippen molar-refractivity contribution in [1.29, 1.82) is 0 Å². The first-order valence-corrected chi connectivity index (χ1v) is 3.12. The Morgan fingerprint density at radius 2 is 1.89 bits per heavy atom. The van der Waals surface area contributed by atoms with Gasteiger partial charge in [0.25, 0.3) is 0 Å². The maximum Gasteiger partial charge on any atom is 0.0540 e. The predicted molar refractivity (Wildman–Crippen MR) is 50.8 cm³/mol. The number of hydrogen-bond donors (Lipinski definition) is 0. The summed E-state index contributed by atoms with van der Waals surface area (Å²) < 4.78 is 0. The van der Waals surface area contributed by atoms with Gasteiger partial charge in [-0.05, 0) is 0 Å². The van der Waals surface area contributed by atoms with Crippen molar-refractivity contribution in [3.05, 3.63) is 0 Å². The summed E-state index contributed by atoms with van der Waals surface area (Å²) in [4.78, 5) is 0. The minimum atomic E-state index is -0.204. The lowest BCUT2D eigenvalue weighted by Crippen LogP contribution is -2.47. The lowest BCUT2D eigenvalue weighted by molar-refractivity contribution is 1.47. The van der Waals surface area contributed by atoms with Gasteiger partial charge in [0.2, 0.25) is 0 Å². The normalized spacial score (nSPS) is 8.11. The van der Waals surface area contributed by atoms with Crippen molar-refractivity contribution in [3.63, 3.8) is 0 Å². The molecule has 0 aromatic carbocycles. The zero-order valence-electron chi connectivity index (χ0n) is 5.75. The van der Waals surface area contributed by atoms with Crippen molar-refractivity contribution in [2.45, 2.75) is 13.2 Å². The van der Waals surface area contributed by atoms with E-state index in [1.54, 1.807) is 0 Å². The largest absolute Gasteiger partial charge is 0.0923 e. The van der Waals surface area contributed by atoms with E-state index in [-0.39, 0.29) is 12.8 Å². The van der Waals surface area contributed by atoms with Gasteiger partial charge in [0.1, 0.15) is 0 Å². The van der Waals surface area contributed by atoms with E-state index in [1.165, 1.54) is 7.06 Å². The van der Waals surface area contributed by atoms with Crippen molar-refractivity contribution in [1.82, 2.24) is 0 Å². The zero-order chi connectivity index (χ0) is 7.28. The minimum absolute atomic E-state index is 0.0972. The molecule has 0 aromatic heterocycles. The smallest absolute Gasteiger partial charge is 0.0540 e. The molecule has 0 bridgehead atoms. The van der Waals surface area contributed by atoms with Gasteiger partial charge in [0.05, 0.1) is 7.17 Å². The van der Waals surface area contributed by atoms with Gasteiger partial charge in [-0.1, -0.05) is 13.2 Å². The third-order valence-electron chi connectivity index (χ3n) is 1.17. The quantitative estimate of drug-likeness (QED) is 0.374. The van der Waals surface area contributed by atoms with Crippen molar-refractivity contribution in [2.75, 3.05) is 0 Å². The molecule has 0 aliphatic carbocycles. The molecule has 0 atom stereocenters. The molecule has 0 unspecified atom stereocenters. The molecule has 0 aliphatic rings.